The van der Waals surface area contributed by atoms with Crippen molar-refractivity contribution in [3.05, 3.63) is 18.2 Å². The molecule has 1 saturated heterocycles. The molecule has 0 saturated carbocycles. The Morgan fingerprint density at radius 3 is 2.84 bits per heavy atom. The first-order chi connectivity index (χ1) is 11.9. The maximum Gasteiger partial charge on any atom is 0.321 e. The second-order valence-electron chi connectivity index (χ2n) is 6.59. The summed E-state index contributed by atoms with van der Waals surface area (Å²) in [5.41, 5.74) is 0.632. The Hall–Kier alpha value is -2.44. The van der Waals surface area contributed by atoms with Gasteiger partial charge in [0, 0.05) is 38.2 Å². The number of fused-ring (bicyclic) bond motifs is 1. The molecule has 0 aliphatic carbocycles. The lowest BCUT2D eigenvalue weighted by Crippen LogP contribution is -2.44. The van der Waals surface area contributed by atoms with Crippen molar-refractivity contribution in [2.45, 2.75) is 38.9 Å². The molecule has 2 amide bonds. The Balaban J connectivity index is 1.64. The largest absolute Gasteiger partial charge is 0.469 e. The van der Waals surface area contributed by atoms with Crippen LogP contribution in [0, 0.1) is 5.92 Å². The topological polar surface area (TPSA) is 77.1 Å². The predicted molar refractivity (Wildman–Crippen MR) is 91.7 cm³/mol. The van der Waals surface area contributed by atoms with Crippen molar-refractivity contribution in [1.82, 2.24) is 4.90 Å². The Morgan fingerprint density at radius 2 is 2.12 bits per heavy atom. The van der Waals surface area contributed by atoms with E-state index in [1.807, 2.05) is 13.8 Å². The second kappa shape index (κ2) is 6.82. The minimum atomic E-state index is -0.661. The van der Waals surface area contributed by atoms with Crippen molar-refractivity contribution < 1.29 is 23.8 Å². The zero-order valence-corrected chi connectivity index (χ0v) is 14.8. The molecule has 0 radical (unpaired) electrons. The first-order valence-corrected chi connectivity index (χ1v) is 8.60. The van der Waals surface area contributed by atoms with E-state index in [2.05, 4.69) is 5.32 Å². The summed E-state index contributed by atoms with van der Waals surface area (Å²) in [4.78, 5) is 25.8. The summed E-state index contributed by atoms with van der Waals surface area (Å²) in [5.74, 6) is 0.108. The third-order valence-electron chi connectivity index (χ3n) is 4.73. The van der Waals surface area contributed by atoms with E-state index in [1.54, 1.807) is 23.1 Å². The number of esters is 1. The van der Waals surface area contributed by atoms with Crippen LogP contribution in [0.1, 0.15) is 33.1 Å². The normalized spacial score (nSPS) is 24.8. The minimum absolute atomic E-state index is 0.231. The summed E-state index contributed by atoms with van der Waals surface area (Å²) in [6, 6.07) is 5.10. The number of hydrogen-bond donors (Lipinski definition) is 1. The molecule has 2 heterocycles. The summed E-state index contributed by atoms with van der Waals surface area (Å²) < 4.78 is 16.4. The van der Waals surface area contributed by atoms with E-state index < -0.39 is 5.79 Å². The number of amides is 2. The molecular weight excluding hydrogens is 324 g/mol. The number of nitrogens with one attached hydrogen (secondary N) is 1. The monoisotopic (exact) mass is 348 g/mol. The molecule has 136 valence electrons. The molecular formula is C18H24N2O5. The van der Waals surface area contributed by atoms with Crippen LogP contribution < -0.4 is 14.8 Å². The van der Waals surface area contributed by atoms with Gasteiger partial charge in [0.1, 0.15) is 0 Å². The summed E-state index contributed by atoms with van der Waals surface area (Å²) in [6.45, 7) is 4.86. The molecule has 2 atom stereocenters. The summed E-state index contributed by atoms with van der Waals surface area (Å²) in [7, 11) is 1.37. The van der Waals surface area contributed by atoms with E-state index in [-0.39, 0.29) is 17.9 Å². The molecule has 0 aromatic heterocycles. The first kappa shape index (κ1) is 17.4. The third-order valence-corrected chi connectivity index (χ3v) is 4.73. The number of hydrogen-bond acceptors (Lipinski definition) is 5. The van der Waals surface area contributed by atoms with Gasteiger partial charge in [0.15, 0.2) is 11.5 Å². The number of nitrogens with zero attached hydrogens (tertiary/aromatic N) is 1. The number of rotatable bonds is 3. The van der Waals surface area contributed by atoms with Gasteiger partial charge in [-0.15, -0.1) is 0 Å². The highest BCUT2D eigenvalue weighted by Gasteiger charge is 2.35. The number of ether oxygens (including phenoxy) is 3. The average molecular weight is 348 g/mol. The molecule has 2 aliphatic heterocycles. The van der Waals surface area contributed by atoms with Crippen LogP contribution in [0.5, 0.6) is 11.5 Å². The fourth-order valence-corrected chi connectivity index (χ4v) is 3.10. The Labute approximate surface area is 147 Å². The second-order valence-corrected chi connectivity index (χ2v) is 6.59. The fourth-order valence-electron chi connectivity index (χ4n) is 3.10. The van der Waals surface area contributed by atoms with Crippen molar-refractivity contribution in [3.63, 3.8) is 0 Å². The standard InChI is InChI=1S/C18H24N2O5/c1-4-18(2)24-14-8-7-13(10-15(14)25-18)19-17(22)20-9-5-6-12(11-20)16(21)23-3/h7-8,10,12H,4-6,9,11H2,1-3H3,(H,19,22)/t12-,18-/m0/s1. The van der Waals surface area contributed by atoms with E-state index >= 15 is 0 Å². The molecule has 0 spiro atoms. The quantitative estimate of drug-likeness (QED) is 0.850. The fraction of sp³-hybridized carbons (Fsp3) is 0.556. The number of anilines is 1. The molecule has 1 aromatic rings. The molecule has 2 aliphatic rings. The number of piperidine rings is 1. The Morgan fingerprint density at radius 1 is 1.36 bits per heavy atom. The lowest BCUT2D eigenvalue weighted by molar-refractivity contribution is -0.146. The van der Waals surface area contributed by atoms with Gasteiger partial charge in [0.05, 0.1) is 13.0 Å². The average Bonchev–Trinajstić information content (AvgIpc) is 2.97. The van der Waals surface area contributed by atoms with Gasteiger partial charge in [-0.25, -0.2) is 4.79 Å². The number of methoxy groups -OCH3 is 1. The van der Waals surface area contributed by atoms with Crippen molar-refractivity contribution in [1.29, 1.82) is 0 Å². The van der Waals surface area contributed by atoms with Crippen molar-refractivity contribution in [2.75, 3.05) is 25.5 Å². The molecule has 25 heavy (non-hydrogen) atoms. The molecule has 3 rings (SSSR count). The van der Waals surface area contributed by atoms with E-state index in [0.717, 1.165) is 12.8 Å². The molecule has 1 fully saturated rings. The smallest absolute Gasteiger partial charge is 0.321 e. The molecule has 7 nitrogen and oxygen atoms in total. The molecule has 7 heteroatoms. The molecule has 0 bridgehead atoms. The van der Waals surface area contributed by atoms with Crippen LogP contribution in [0.3, 0.4) is 0 Å². The van der Waals surface area contributed by atoms with Gasteiger partial charge < -0.3 is 24.4 Å². The third kappa shape index (κ3) is 3.65. The van der Waals surface area contributed by atoms with Crippen molar-refractivity contribution in [3.8, 4) is 11.5 Å². The molecule has 0 unspecified atom stereocenters. The minimum Gasteiger partial charge on any atom is -0.469 e. The van der Waals surface area contributed by atoms with Crippen LogP contribution in [0.15, 0.2) is 18.2 Å². The first-order valence-electron chi connectivity index (χ1n) is 8.60. The van der Waals surface area contributed by atoms with Gasteiger partial charge in [0.25, 0.3) is 0 Å². The Kier molecular flexibility index (Phi) is 4.74. The van der Waals surface area contributed by atoms with Gasteiger partial charge in [0.2, 0.25) is 5.79 Å². The maximum absolute atomic E-state index is 12.5. The highest BCUT2D eigenvalue weighted by atomic mass is 16.7. The van der Waals surface area contributed by atoms with Gasteiger partial charge in [-0.05, 0) is 25.0 Å². The van der Waals surface area contributed by atoms with E-state index in [4.69, 9.17) is 14.2 Å². The predicted octanol–water partition coefficient (Wildman–Crippen LogP) is 3.00. The maximum atomic E-state index is 12.5. The lowest BCUT2D eigenvalue weighted by Gasteiger charge is -2.31. The van der Waals surface area contributed by atoms with Crippen molar-refractivity contribution in [2.24, 2.45) is 5.92 Å². The van der Waals surface area contributed by atoms with Crippen LogP contribution in [-0.2, 0) is 9.53 Å². The Bertz CT molecular complexity index is 677. The highest BCUT2D eigenvalue weighted by Crippen LogP contribution is 2.42. The SMILES string of the molecule is CC[C@@]1(C)Oc2ccc(NC(=O)N3CCC[C@H](C(=O)OC)C3)cc2O1. The van der Waals surface area contributed by atoms with E-state index in [9.17, 15) is 9.59 Å². The van der Waals surface area contributed by atoms with Gasteiger partial charge in [-0.3, -0.25) is 4.79 Å². The summed E-state index contributed by atoms with van der Waals surface area (Å²) in [5, 5.41) is 2.86. The number of carbonyl (C=O) groups is 2. The summed E-state index contributed by atoms with van der Waals surface area (Å²) in [6.07, 6.45) is 2.24. The van der Waals surface area contributed by atoms with E-state index in [0.29, 0.717) is 36.7 Å². The van der Waals surface area contributed by atoms with Gasteiger partial charge in [-0.2, -0.15) is 0 Å². The highest BCUT2D eigenvalue weighted by molar-refractivity contribution is 5.90. The van der Waals surface area contributed by atoms with Crippen LogP contribution >= 0.6 is 0 Å². The van der Waals surface area contributed by atoms with E-state index in [1.165, 1.54) is 7.11 Å². The molecule has 1 N–H and O–H groups in total. The van der Waals surface area contributed by atoms with Crippen LogP contribution in [-0.4, -0.2) is 42.9 Å². The zero-order valence-electron chi connectivity index (χ0n) is 14.8. The van der Waals surface area contributed by atoms with Gasteiger partial charge in [-0.1, -0.05) is 6.92 Å². The lowest BCUT2D eigenvalue weighted by atomic mass is 9.98. The summed E-state index contributed by atoms with van der Waals surface area (Å²) >= 11 is 0. The van der Waals surface area contributed by atoms with Crippen molar-refractivity contribution >= 4 is 17.7 Å². The number of carbonyl (C=O) groups excluding carboxylic acids is 2. The molecule has 1 aromatic carbocycles. The zero-order chi connectivity index (χ0) is 18.0. The van der Waals surface area contributed by atoms with Crippen LogP contribution in [0.25, 0.3) is 0 Å². The number of urea groups is 1. The number of benzene rings is 1. The number of likely N-dealkylation sites (tertiary alicyclic amines) is 1. The van der Waals surface area contributed by atoms with Gasteiger partial charge >= 0.3 is 12.0 Å². The van der Waals surface area contributed by atoms with Crippen LogP contribution in [0.4, 0.5) is 10.5 Å². The van der Waals surface area contributed by atoms with Crippen LogP contribution in [0.2, 0.25) is 0 Å².